The molecular weight excluding hydrogens is 392 g/mol. The van der Waals surface area contributed by atoms with Crippen LogP contribution in [0.5, 0.6) is 5.75 Å². The van der Waals surface area contributed by atoms with Gasteiger partial charge >= 0.3 is 0 Å². The molecule has 2 aromatic carbocycles. The molecule has 1 saturated heterocycles. The normalized spacial score (nSPS) is 21.6. The number of fused-ring (bicyclic) bond motifs is 1. The van der Waals surface area contributed by atoms with Crippen molar-refractivity contribution in [1.82, 2.24) is 10.2 Å². The molecule has 0 aliphatic carbocycles. The predicted molar refractivity (Wildman–Crippen MR) is 122 cm³/mol. The average Bonchev–Trinajstić information content (AvgIpc) is 3.17. The second kappa shape index (κ2) is 9.49. The molecule has 7 nitrogen and oxygen atoms in total. The molecule has 2 aliphatic rings. The van der Waals surface area contributed by atoms with Gasteiger partial charge in [-0.1, -0.05) is 18.2 Å². The molecule has 0 radical (unpaired) electrons. The van der Waals surface area contributed by atoms with Gasteiger partial charge in [0.05, 0.1) is 25.3 Å². The number of hydrogen-bond acceptors (Lipinski definition) is 5. The third-order valence-corrected chi connectivity index (χ3v) is 5.88. The second-order valence-corrected chi connectivity index (χ2v) is 7.88. The minimum Gasteiger partial charge on any atom is -0.494 e. The highest BCUT2D eigenvalue weighted by Gasteiger charge is 2.45. The van der Waals surface area contributed by atoms with E-state index < -0.39 is 5.54 Å². The topological polar surface area (TPSA) is 75.2 Å². The van der Waals surface area contributed by atoms with Crippen LogP contribution in [0.4, 0.5) is 5.69 Å². The number of para-hydroxylation sites is 1. The Hall–Kier alpha value is -2.90. The number of likely N-dealkylation sites (tertiary alicyclic amines) is 1. The summed E-state index contributed by atoms with van der Waals surface area (Å²) in [5, 5.41) is 7.25. The first-order chi connectivity index (χ1) is 15.1. The van der Waals surface area contributed by atoms with E-state index in [1.54, 1.807) is 7.11 Å². The third-order valence-electron chi connectivity index (χ3n) is 5.88. The van der Waals surface area contributed by atoms with Crippen molar-refractivity contribution in [3.05, 3.63) is 59.7 Å². The lowest BCUT2D eigenvalue weighted by Crippen LogP contribution is -2.55. The van der Waals surface area contributed by atoms with E-state index in [9.17, 15) is 4.79 Å². The Morgan fingerprint density at radius 3 is 2.77 bits per heavy atom. The van der Waals surface area contributed by atoms with Crippen molar-refractivity contribution in [2.75, 3.05) is 45.3 Å². The summed E-state index contributed by atoms with van der Waals surface area (Å²) in [5.41, 5.74) is 2.51. The van der Waals surface area contributed by atoms with Gasteiger partial charge in [-0.15, -0.1) is 0 Å². The zero-order valence-corrected chi connectivity index (χ0v) is 18.2. The monoisotopic (exact) mass is 422 g/mol. The van der Waals surface area contributed by atoms with Crippen LogP contribution in [0.25, 0.3) is 0 Å². The maximum Gasteiger partial charge on any atom is 0.253 e. The van der Waals surface area contributed by atoms with E-state index in [1.807, 2.05) is 48.2 Å². The van der Waals surface area contributed by atoms with Crippen molar-refractivity contribution in [2.45, 2.75) is 25.4 Å². The van der Waals surface area contributed by atoms with Crippen LogP contribution in [0.15, 0.2) is 53.5 Å². The number of benzene rings is 2. The van der Waals surface area contributed by atoms with Crippen molar-refractivity contribution < 1.29 is 14.3 Å². The fraction of sp³-hybridized carbons (Fsp3) is 0.417. The molecule has 31 heavy (non-hydrogen) atoms. The summed E-state index contributed by atoms with van der Waals surface area (Å²) < 4.78 is 10.7. The first-order valence-corrected chi connectivity index (χ1v) is 10.8. The zero-order valence-electron chi connectivity index (χ0n) is 18.2. The third kappa shape index (κ3) is 4.57. The molecule has 2 N–H and O–H groups in total. The van der Waals surface area contributed by atoms with Crippen molar-refractivity contribution in [2.24, 2.45) is 4.99 Å². The fourth-order valence-corrected chi connectivity index (χ4v) is 4.19. The van der Waals surface area contributed by atoms with Crippen molar-refractivity contribution >= 4 is 17.4 Å². The molecule has 1 spiro atoms. The summed E-state index contributed by atoms with van der Waals surface area (Å²) in [4.78, 5) is 19.9. The highest BCUT2D eigenvalue weighted by molar-refractivity contribution is 6.05. The summed E-state index contributed by atoms with van der Waals surface area (Å²) in [7, 11) is 1.68. The predicted octanol–water partition coefficient (Wildman–Crippen LogP) is 2.93. The van der Waals surface area contributed by atoms with Gasteiger partial charge < -0.3 is 19.7 Å². The molecule has 1 amide bonds. The standard InChI is InChI=1S/C24H30N4O3/c1-3-31-20-10-8-18(9-11-20)22(29)28-14-12-24(17-28)23(25-13-15-30-2)27-21-7-5-4-6-19(21)16-26-24/h4-11,26H,3,12-17H2,1-2H3,(H,25,27)/t24-/m1/s1. The van der Waals surface area contributed by atoms with E-state index >= 15 is 0 Å². The minimum absolute atomic E-state index is 0.0275. The smallest absolute Gasteiger partial charge is 0.253 e. The lowest BCUT2D eigenvalue weighted by molar-refractivity contribution is 0.0786. The van der Waals surface area contributed by atoms with Crippen LogP contribution in [0.3, 0.4) is 0 Å². The van der Waals surface area contributed by atoms with Crippen LogP contribution in [-0.4, -0.2) is 62.1 Å². The van der Waals surface area contributed by atoms with Crippen LogP contribution in [0.2, 0.25) is 0 Å². The van der Waals surface area contributed by atoms with Gasteiger partial charge in [0.15, 0.2) is 0 Å². The highest BCUT2D eigenvalue weighted by Crippen LogP contribution is 2.30. The highest BCUT2D eigenvalue weighted by atomic mass is 16.5. The van der Waals surface area contributed by atoms with Crippen LogP contribution >= 0.6 is 0 Å². The van der Waals surface area contributed by atoms with Crippen molar-refractivity contribution in [3.8, 4) is 5.75 Å². The van der Waals surface area contributed by atoms with Gasteiger partial charge in [-0.3, -0.25) is 15.1 Å². The summed E-state index contributed by atoms with van der Waals surface area (Å²) in [5.74, 6) is 1.67. The van der Waals surface area contributed by atoms with E-state index in [1.165, 1.54) is 5.56 Å². The zero-order chi connectivity index (χ0) is 21.7. The molecule has 2 heterocycles. The number of ether oxygens (including phenoxy) is 2. The molecule has 7 heteroatoms. The number of rotatable bonds is 6. The van der Waals surface area contributed by atoms with Crippen LogP contribution in [0.1, 0.15) is 29.3 Å². The number of nitrogens with zero attached hydrogens (tertiary/aromatic N) is 2. The Morgan fingerprint density at radius 2 is 2.00 bits per heavy atom. The van der Waals surface area contributed by atoms with Gasteiger partial charge in [-0.25, -0.2) is 0 Å². The molecule has 0 aromatic heterocycles. The van der Waals surface area contributed by atoms with E-state index in [2.05, 4.69) is 22.8 Å². The largest absolute Gasteiger partial charge is 0.494 e. The molecule has 4 rings (SSSR count). The number of carbonyl (C=O) groups is 1. The van der Waals surface area contributed by atoms with E-state index in [-0.39, 0.29) is 5.91 Å². The Labute approximate surface area is 183 Å². The number of nitrogens with one attached hydrogen (secondary N) is 2. The van der Waals surface area contributed by atoms with E-state index in [4.69, 9.17) is 14.5 Å². The van der Waals surface area contributed by atoms with Crippen molar-refractivity contribution in [1.29, 1.82) is 0 Å². The molecule has 164 valence electrons. The number of carbonyl (C=O) groups excluding carboxylic acids is 1. The molecule has 0 saturated carbocycles. The lowest BCUT2D eigenvalue weighted by atomic mass is 9.96. The molecule has 2 aromatic rings. The average molecular weight is 423 g/mol. The maximum absolute atomic E-state index is 13.2. The molecule has 0 bridgehead atoms. The Bertz CT molecular complexity index is 944. The van der Waals surface area contributed by atoms with Gasteiger partial charge in [0, 0.05) is 38.0 Å². The summed E-state index contributed by atoms with van der Waals surface area (Å²) >= 11 is 0. The Balaban J connectivity index is 1.55. The minimum atomic E-state index is -0.409. The van der Waals surface area contributed by atoms with Gasteiger partial charge in [0.1, 0.15) is 11.6 Å². The second-order valence-electron chi connectivity index (χ2n) is 7.88. The molecule has 1 fully saturated rings. The number of anilines is 1. The van der Waals surface area contributed by atoms with Crippen LogP contribution in [-0.2, 0) is 11.3 Å². The molecule has 1 atom stereocenters. The summed E-state index contributed by atoms with van der Waals surface area (Å²) in [6, 6.07) is 15.6. The van der Waals surface area contributed by atoms with Crippen LogP contribution in [0, 0.1) is 0 Å². The summed E-state index contributed by atoms with van der Waals surface area (Å²) in [6.45, 7) is 5.62. The van der Waals surface area contributed by atoms with Gasteiger partial charge in [-0.2, -0.15) is 0 Å². The van der Waals surface area contributed by atoms with Gasteiger partial charge in [0.2, 0.25) is 0 Å². The SMILES string of the molecule is CCOc1ccc(C(=O)N2CC[C@]3(C2)NCc2ccccc2NC3=NCCOC)cc1. The molecule has 2 aliphatic heterocycles. The Morgan fingerprint density at radius 1 is 1.19 bits per heavy atom. The Kier molecular flexibility index (Phi) is 6.53. The number of methoxy groups -OCH3 is 1. The van der Waals surface area contributed by atoms with Gasteiger partial charge in [-0.05, 0) is 49.2 Å². The van der Waals surface area contributed by atoms with Gasteiger partial charge in [0.25, 0.3) is 5.91 Å². The number of amidine groups is 1. The summed E-state index contributed by atoms with van der Waals surface area (Å²) in [6.07, 6.45) is 0.794. The van der Waals surface area contributed by atoms with Crippen LogP contribution < -0.4 is 15.4 Å². The number of hydrogen-bond donors (Lipinski definition) is 2. The first kappa shape index (κ1) is 21.3. The molecule has 0 unspecified atom stereocenters. The van der Waals surface area contributed by atoms with E-state index in [0.29, 0.717) is 38.4 Å². The van der Waals surface area contributed by atoms with Crippen molar-refractivity contribution in [3.63, 3.8) is 0 Å². The number of amides is 1. The number of aliphatic imine (C=N–C) groups is 1. The van der Waals surface area contributed by atoms with E-state index in [0.717, 1.165) is 30.2 Å². The maximum atomic E-state index is 13.2. The molecular formula is C24H30N4O3. The lowest BCUT2D eigenvalue weighted by Gasteiger charge is -2.30. The fourth-order valence-electron chi connectivity index (χ4n) is 4.19. The quantitative estimate of drug-likeness (QED) is 0.700. The first-order valence-electron chi connectivity index (χ1n) is 10.8.